The molecule has 0 radical (unpaired) electrons. The van der Waals surface area contributed by atoms with E-state index in [1.165, 1.54) is 19.3 Å². The van der Waals surface area contributed by atoms with Crippen molar-refractivity contribution in [3.63, 3.8) is 0 Å². The Hall–Kier alpha value is -1.61. The van der Waals surface area contributed by atoms with Gasteiger partial charge in [-0.2, -0.15) is 0 Å². The Labute approximate surface area is 181 Å². The summed E-state index contributed by atoms with van der Waals surface area (Å²) in [6, 6.07) is 10.3. The van der Waals surface area contributed by atoms with Crippen LogP contribution in [-0.2, 0) is 4.79 Å². The Morgan fingerprint density at radius 3 is 2.57 bits per heavy atom. The number of benzene rings is 1. The number of aliphatic hydroxyl groups is 1. The van der Waals surface area contributed by atoms with Gasteiger partial charge >= 0.3 is 0 Å². The molecule has 0 aromatic heterocycles. The second-order valence-corrected chi connectivity index (χ2v) is 11.2. The van der Waals surface area contributed by atoms with E-state index in [-0.39, 0.29) is 11.5 Å². The van der Waals surface area contributed by atoms with Gasteiger partial charge in [0.25, 0.3) is 0 Å². The van der Waals surface area contributed by atoms with Crippen LogP contribution in [0.2, 0.25) is 0 Å². The summed E-state index contributed by atoms with van der Waals surface area (Å²) in [5.74, 6) is 2.95. The molecule has 4 fully saturated rings. The Morgan fingerprint density at radius 2 is 1.80 bits per heavy atom. The molecule has 162 valence electrons. The minimum Gasteiger partial charge on any atom is -0.393 e. The molecule has 4 aliphatic rings. The van der Waals surface area contributed by atoms with Crippen LogP contribution < -0.4 is 4.90 Å². The van der Waals surface area contributed by atoms with Crippen LogP contribution in [0.1, 0.15) is 65.2 Å². The van der Waals surface area contributed by atoms with Crippen LogP contribution in [0.5, 0.6) is 0 Å². The molecule has 7 atom stereocenters. The number of anilines is 1. The first-order valence-corrected chi connectivity index (χ1v) is 12.0. The number of ketones is 1. The number of allylic oxidation sites excluding steroid dienone is 1. The van der Waals surface area contributed by atoms with Gasteiger partial charge in [0, 0.05) is 29.9 Å². The minimum atomic E-state index is -0.179. The number of hydrogen-bond donors (Lipinski definition) is 1. The van der Waals surface area contributed by atoms with E-state index in [1.807, 2.05) is 18.2 Å². The van der Waals surface area contributed by atoms with Crippen molar-refractivity contribution in [1.82, 2.24) is 0 Å². The highest BCUT2D eigenvalue weighted by Gasteiger charge is 2.61. The van der Waals surface area contributed by atoms with E-state index in [0.717, 1.165) is 49.3 Å². The summed E-state index contributed by atoms with van der Waals surface area (Å²) in [6.07, 6.45) is 10.8. The molecule has 7 unspecified atom stereocenters. The first-order chi connectivity index (χ1) is 14.3. The van der Waals surface area contributed by atoms with E-state index in [9.17, 15) is 9.90 Å². The highest BCUT2D eigenvalue weighted by molar-refractivity contribution is 6.02. The molecule has 4 aliphatic carbocycles. The molecule has 3 heteroatoms. The summed E-state index contributed by atoms with van der Waals surface area (Å²) < 4.78 is 0. The molecule has 0 amide bonds. The van der Waals surface area contributed by atoms with Gasteiger partial charge in [-0.3, -0.25) is 4.79 Å². The number of Topliss-reactive ketones (excluding diaryl/α,β-unsaturated/α-hetero) is 1. The van der Waals surface area contributed by atoms with Crippen LogP contribution in [0, 0.1) is 34.5 Å². The van der Waals surface area contributed by atoms with Gasteiger partial charge in [0.05, 0.1) is 6.10 Å². The van der Waals surface area contributed by atoms with Gasteiger partial charge in [-0.05, 0) is 92.6 Å². The van der Waals surface area contributed by atoms with Crippen molar-refractivity contribution < 1.29 is 9.90 Å². The van der Waals surface area contributed by atoms with Crippen molar-refractivity contribution in [3.05, 3.63) is 42.1 Å². The molecule has 1 N–H and O–H groups in total. The summed E-state index contributed by atoms with van der Waals surface area (Å²) in [7, 11) is 2.06. The lowest BCUT2D eigenvalue weighted by atomic mass is 9.45. The van der Waals surface area contributed by atoms with Crippen molar-refractivity contribution in [1.29, 1.82) is 0 Å². The minimum absolute atomic E-state index is 0.0930. The molecule has 30 heavy (non-hydrogen) atoms. The predicted octanol–water partition coefficient (Wildman–Crippen LogP) is 5.59. The summed E-state index contributed by atoms with van der Waals surface area (Å²) in [6.45, 7) is 4.78. The van der Waals surface area contributed by atoms with E-state index in [4.69, 9.17) is 0 Å². The maximum Gasteiger partial charge on any atom is 0.166 e. The van der Waals surface area contributed by atoms with Crippen LogP contribution >= 0.6 is 0 Å². The lowest BCUT2D eigenvalue weighted by Crippen LogP contribution is -2.54. The fraction of sp³-hybridized carbons (Fsp3) is 0.667. The normalized spacial score (nSPS) is 44.3. The average molecular weight is 408 g/mol. The quantitative estimate of drug-likeness (QED) is 0.650. The topological polar surface area (TPSA) is 40.5 Å². The molecule has 0 heterocycles. The van der Waals surface area contributed by atoms with E-state index in [2.05, 4.69) is 44.1 Å². The number of carbonyl (C=O) groups excluding carboxylic acids is 1. The van der Waals surface area contributed by atoms with E-state index in [1.54, 1.807) is 0 Å². The molecule has 0 saturated heterocycles. The van der Waals surface area contributed by atoms with E-state index < -0.39 is 0 Å². The van der Waals surface area contributed by atoms with Gasteiger partial charge in [0.1, 0.15) is 0 Å². The predicted molar refractivity (Wildman–Crippen MR) is 121 cm³/mol. The van der Waals surface area contributed by atoms with Crippen LogP contribution in [-0.4, -0.2) is 24.0 Å². The third kappa shape index (κ3) is 2.99. The lowest BCUT2D eigenvalue weighted by Gasteiger charge is -2.59. The molecular weight excluding hydrogens is 370 g/mol. The van der Waals surface area contributed by atoms with Gasteiger partial charge in [-0.25, -0.2) is 0 Å². The molecule has 5 rings (SSSR count). The van der Waals surface area contributed by atoms with Crippen LogP contribution in [0.3, 0.4) is 0 Å². The molecule has 1 aromatic carbocycles. The molecule has 0 aliphatic heterocycles. The fourth-order valence-corrected chi connectivity index (χ4v) is 7.99. The monoisotopic (exact) mass is 407 g/mol. The van der Waals surface area contributed by atoms with Crippen molar-refractivity contribution in [2.24, 2.45) is 34.5 Å². The maximum atomic E-state index is 13.6. The zero-order valence-corrected chi connectivity index (χ0v) is 18.8. The Balaban J connectivity index is 1.42. The van der Waals surface area contributed by atoms with Crippen molar-refractivity contribution in [2.45, 2.75) is 71.3 Å². The molecule has 1 aromatic rings. The summed E-state index contributed by atoms with van der Waals surface area (Å²) >= 11 is 0. The van der Waals surface area contributed by atoms with E-state index in [0.29, 0.717) is 29.0 Å². The summed E-state index contributed by atoms with van der Waals surface area (Å²) in [5, 5.41) is 10.2. The maximum absolute atomic E-state index is 13.6. The fourth-order valence-electron chi connectivity index (χ4n) is 7.99. The van der Waals surface area contributed by atoms with Gasteiger partial charge < -0.3 is 10.0 Å². The number of para-hydroxylation sites is 1. The smallest absolute Gasteiger partial charge is 0.166 e. The number of hydrogen-bond acceptors (Lipinski definition) is 3. The Bertz CT molecular complexity index is 848. The Morgan fingerprint density at radius 1 is 1.03 bits per heavy atom. The average Bonchev–Trinajstić information content (AvgIpc) is 3.00. The van der Waals surface area contributed by atoms with Crippen molar-refractivity contribution in [2.75, 3.05) is 11.9 Å². The summed E-state index contributed by atoms with van der Waals surface area (Å²) in [5.41, 5.74) is 2.34. The van der Waals surface area contributed by atoms with Crippen LogP contribution in [0.25, 0.3) is 0 Å². The molecule has 0 bridgehead atoms. The third-order valence-electron chi connectivity index (χ3n) is 9.79. The molecule has 3 nitrogen and oxygen atoms in total. The standard InChI is InChI=1S/C27H37NO2/c1-26-13-11-21(29)16-19(26)9-10-22-23(26)12-14-27(2)24(22)15-18(25(27)30)17-28(3)20-7-5-4-6-8-20/h4-8,17,19,21-24,29H,9-16H2,1-3H3. The molecular formula is C27H37NO2. The third-order valence-corrected chi connectivity index (χ3v) is 9.79. The second kappa shape index (κ2) is 7.22. The number of rotatable bonds is 2. The van der Waals surface area contributed by atoms with Gasteiger partial charge in [0.15, 0.2) is 5.78 Å². The number of fused-ring (bicyclic) bond motifs is 5. The highest BCUT2D eigenvalue weighted by Crippen LogP contribution is 2.66. The van der Waals surface area contributed by atoms with Gasteiger partial charge in [0.2, 0.25) is 0 Å². The van der Waals surface area contributed by atoms with Crippen molar-refractivity contribution in [3.8, 4) is 0 Å². The number of nitrogens with zero attached hydrogens (tertiary/aromatic N) is 1. The number of aliphatic hydroxyl groups excluding tert-OH is 1. The zero-order valence-electron chi connectivity index (χ0n) is 18.8. The van der Waals surface area contributed by atoms with E-state index >= 15 is 0 Å². The van der Waals surface area contributed by atoms with Crippen LogP contribution in [0.4, 0.5) is 5.69 Å². The molecule has 4 saturated carbocycles. The highest BCUT2D eigenvalue weighted by atomic mass is 16.3. The summed E-state index contributed by atoms with van der Waals surface area (Å²) in [4.78, 5) is 15.7. The Kier molecular flexibility index (Phi) is 4.89. The zero-order chi connectivity index (χ0) is 21.1. The SMILES string of the molecule is CN(C=C1CC2C3CCC4CC(O)CCC4(C)C3CCC2(C)C1=O)c1ccccc1. The first-order valence-electron chi connectivity index (χ1n) is 12.0. The van der Waals surface area contributed by atoms with Crippen molar-refractivity contribution >= 4 is 11.5 Å². The largest absolute Gasteiger partial charge is 0.393 e. The first kappa shape index (κ1) is 20.3. The second-order valence-electron chi connectivity index (χ2n) is 11.2. The van der Waals surface area contributed by atoms with Gasteiger partial charge in [-0.15, -0.1) is 0 Å². The molecule has 0 spiro atoms. The number of carbonyl (C=O) groups is 1. The lowest BCUT2D eigenvalue weighted by molar-refractivity contribution is -0.141. The van der Waals surface area contributed by atoms with Crippen LogP contribution in [0.15, 0.2) is 42.1 Å². The van der Waals surface area contributed by atoms with Gasteiger partial charge in [-0.1, -0.05) is 32.0 Å².